The Labute approximate surface area is 109 Å². The van der Waals surface area contributed by atoms with Crippen LogP contribution in [0.3, 0.4) is 0 Å². The molecule has 102 valence electrons. The summed E-state index contributed by atoms with van der Waals surface area (Å²) >= 11 is 0. The molecule has 4 nitrogen and oxygen atoms in total. The van der Waals surface area contributed by atoms with Gasteiger partial charge in [0.15, 0.2) is 17.2 Å². The van der Waals surface area contributed by atoms with Gasteiger partial charge in [0, 0.05) is 12.0 Å². The van der Waals surface area contributed by atoms with Crippen LogP contribution in [0.2, 0.25) is 0 Å². The third-order valence-electron chi connectivity index (χ3n) is 2.86. The molecule has 1 aromatic carbocycles. The Morgan fingerprint density at radius 3 is 2.79 bits per heavy atom. The van der Waals surface area contributed by atoms with E-state index >= 15 is 0 Å². The fraction of sp³-hybridized carbons (Fsp3) is 0.385. The zero-order chi connectivity index (χ0) is 14.0. The quantitative estimate of drug-likeness (QED) is 0.914. The number of carbonyl (C=O) groups is 1. The molecule has 1 amide bonds. The highest BCUT2D eigenvalue weighted by Gasteiger charge is 2.33. The van der Waals surface area contributed by atoms with Crippen LogP contribution in [0.5, 0.6) is 0 Å². The van der Waals surface area contributed by atoms with Crippen molar-refractivity contribution in [1.82, 2.24) is 5.32 Å². The first kappa shape index (κ1) is 13.5. The van der Waals surface area contributed by atoms with Crippen LogP contribution in [0.15, 0.2) is 23.4 Å². The van der Waals surface area contributed by atoms with E-state index in [2.05, 4.69) is 10.5 Å². The third kappa shape index (κ3) is 3.07. The SMILES string of the molecule is CC1=NOC(C)(CNC(=O)c2ccc(F)c(F)c2)C1. The minimum atomic E-state index is -1.05. The van der Waals surface area contributed by atoms with Crippen LogP contribution in [-0.4, -0.2) is 23.8 Å². The minimum Gasteiger partial charge on any atom is -0.387 e. The van der Waals surface area contributed by atoms with Crippen molar-refractivity contribution in [3.8, 4) is 0 Å². The van der Waals surface area contributed by atoms with E-state index in [-0.39, 0.29) is 12.1 Å². The van der Waals surface area contributed by atoms with E-state index in [9.17, 15) is 13.6 Å². The predicted molar refractivity (Wildman–Crippen MR) is 65.9 cm³/mol. The van der Waals surface area contributed by atoms with Crippen LogP contribution in [-0.2, 0) is 4.84 Å². The molecule has 1 aliphatic heterocycles. The first-order chi connectivity index (χ1) is 8.89. The third-order valence-corrected chi connectivity index (χ3v) is 2.86. The zero-order valence-electron chi connectivity index (χ0n) is 10.7. The maximum atomic E-state index is 13.0. The molecule has 0 aromatic heterocycles. The van der Waals surface area contributed by atoms with Gasteiger partial charge in [-0.1, -0.05) is 5.16 Å². The average Bonchev–Trinajstić information content (AvgIpc) is 2.70. The molecule has 0 saturated carbocycles. The van der Waals surface area contributed by atoms with Crippen molar-refractivity contribution in [3.63, 3.8) is 0 Å². The second-order valence-electron chi connectivity index (χ2n) is 4.86. The van der Waals surface area contributed by atoms with Crippen LogP contribution in [0.25, 0.3) is 0 Å². The summed E-state index contributed by atoms with van der Waals surface area (Å²) in [7, 11) is 0. The number of rotatable bonds is 3. The highest BCUT2D eigenvalue weighted by atomic mass is 19.2. The number of benzene rings is 1. The van der Waals surface area contributed by atoms with E-state index < -0.39 is 23.1 Å². The monoisotopic (exact) mass is 268 g/mol. The molecular formula is C13H14F2N2O2. The normalized spacial score (nSPS) is 21.8. The number of amides is 1. The summed E-state index contributed by atoms with van der Waals surface area (Å²) in [6.07, 6.45) is 0.616. The number of oxime groups is 1. The number of nitrogens with zero attached hydrogens (tertiary/aromatic N) is 1. The molecule has 6 heteroatoms. The van der Waals surface area contributed by atoms with E-state index in [4.69, 9.17) is 4.84 Å². The average molecular weight is 268 g/mol. The molecule has 0 saturated heterocycles. The molecule has 19 heavy (non-hydrogen) atoms. The predicted octanol–water partition coefficient (Wildman–Crippen LogP) is 2.25. The molecule has 1 N–H and O–H groups in total. The van der Waals surface area contributed by atoms with Crippen molar-refractivity contribution in [1.29, 1.82) is 0 Å². The first-order valence-electron chi connectivity index (χ1n) is 5.84. The van der Waals surface area contributed by atoms with E-state index in [1.165, 1.54) is 6.07 Å². The lowest BCUT2D eigenvalue weighted by molar-refractivity contribution is -0.00182. The van der Waals surface area contributed by atoms with Crippen molar-refractivity contribution < 1.29 is 18.4 Å². The smallest absolute Gasteiger partial charge is 0.251 e. The summed E-state index contributed by atoms with van der Waals surface area (Å²) in [4.78, 5) is 17.0. The van der Waals surface area contributed by atoms with Gasteiger partial charge in [0.1, 0.15) is 0 Å². The van der Waals surface area contributed by atoms with Gasteiger partial charge in [0.25, 0.3) is 5.91 Å². The molecule has 2 rings (SSSR count). The largest absolute Gasteiger partial charge is 0.387 e. The standard InChI is InChI=1S/C13H14F2N2O2/c1-8-6-13(2,19-17-8)7-16-12(18)9-3-4-10(14)11(15)5-9/h3-5H,6-7H2,1-2H3,(H,16,18). The number of hydrogen-bond donors (Lipinski definition) is 1. The van der Waals surface area contributed by atoms with E-state index in [0.717, 1.165) is 17.8 Å². The van der Waals surface area contributed by atoms with Crippen molar-refractivity contribution in [3.05, 3.63) is 35.4 Å². The number of halogens is 2. The first-order valence-corrected chi connectivity index (χ1v) is 5.84. The second kappa shape index (κ2) is 4.95. The van der Waals surface area contributed by atoms with Gasteiger partial charge in [-0.15, -0.1) is 0 Å². The lowest BCUT2D eigenvalue weighted by Crippen LogP contribution is -2.40. The Hall–Kier alpha value is -1.98. The Balaban J connectivity index is 1.96. The van der Waals surface area contributed by atoms with Gasteiger partial charge in [0.05, 0.1) is 12.3 Å². The molecular weight excluding hydrogens is 254 g/mol. The van der Waals surface area contributed by atoms with Crippen molar-refractivity contribution in [2.45, 2.75) is 25.9 Å². The van der Waals surface area contributed by atoms with Gasteiger partial charge >= 0.3 is 0 Å². The number of nitrogens with one attached hydrogen (secondary N) is 1. The highest BCUT2D eigenvalue weighted by Crippen LogP contribution is 2.22. The molecule has 1 aromatic rings. The molecule has 1 unspecified atom stereocenters. The van der Waals surface area contributed by atoms with Crippen LogP contribution in [0, 0.1) is 11.6 Å². The number of hydrogen-bond acceptors (Lipinski definition) is 3. The molecule has 0 fully saturated rings. The Bertz CT molecular complexity index is 545. The van der Waals surface area contributed by atoms with E-state index in [1.807, 2.05) is 13.8 Å². The maximum absolute atomic E-state index is 13.0. The van der Waals surface area contributed by atoms with Crippen LogP contribution in [0.4, 0.5) is 8.78 Å². The lowest BCUT2D eigenvalue weighted by Gasteiger charge is -2.21. The van der Waals surface area contributed by atoms with Gasteiger partial charge in [-0.2, -0.15) is 0 Å². The second-order valence-corrected chi connectivity index (χ2v) is 4.86. The molecule has 0 radical (unpaired) electrons. The van der Waals surface area contributed by atoms with Crippen molar-refractivity contribution in [2.75, 3.05) is 6.54 Å². The molecule has 1 atom stereocenters. The summed E-state index contributed by atoms with van der Waals surface area (Å²) in [5.74, 6) is -2.50. The van der Waals surface area contributed by atoms with Crippen molar-refractivity contribution >= 4 is 11.6 Å². The van der Waals surface area contributed by atoms with Crippen LogP contribution < -0.4 is 5.32 Å². The Kier molecular flexibility index (Phi) is 3.50. The summed E-state index contributed by atoms with van der Waals surface area (Å²) in [5, 5.41) is 6.44. The molecule has 1 aliphatic rings. The number of carbonyl (C=O) groups excluding carboxylic acids is 1. The fourth-order valence-electron chi connectivity index (χ4n) is 1.90. The van der Waals surface area contributed by atoms with Crippen LogP contribution in [0.1, 0.15) is 30.6 Å². The molecule has 0 aliphatic carbocycles. The van der Waals surface area contributed by atoms with Gasteiger partial charge < -0.3 is 10.2 Å². The molecule has 0 bridgehead atoms. The Morgan fingerprint density at radius 2 is 2.21 bits per heavy atom. The topological polar surface area (TPSA) is 50.7 Å². The minimum absolute atomic E-state index is 0.0677. The molecule has 0 spiro atoms. The summed E-state index contributed by atoms with van der Waals surface area (Å²) in [5.41, 5.74) is 0.334. The highest BCUT2D eigenvalue weighted by molar-refractivity contribution is 5.94. The summed E-state index contributed by atoms with van der Waals surface area (Å²) in [6.45, 7) is 3.90. The van der Waals surface area contributed by atoms with Gasteiger partial charge in [-0.3, -0.25) is 4.79 Å². The fourth-order valence-corrected chi connectivity index (χ4v) is 1.90. The van der Waals surface area contributed by atoms with E-state index in [0.29, 0.717) is 6.42 Å². The summed E-state index contributed by atoms with van der Waals surface area (Å²) < 4.78 is 25.8. The van der Waals surface area contributed by atoms with Gasteiger partial charge in [-0.25, -0.2) is 8.78 Å². The Morgan fingerprint density at radius 1 is 1.47 bits per heavy atom. The van der Waals surface area contributed by atoms with Gasteiger partial charge in [-0.05, 0) is 32.0 Å². The summed E-state index contributed by atoms with van der Waals surface area (Å²) in [6, 6.07) is 3.02. The lowest BCUT2D eigenvalue weighted by atomic mass is 10.0. The zero-order valence-corrected chi connectivity index (χ0v) is 10.7. The van der Waals surface area contributed by atoms with Crippen molar-refractivity contribution in [2.24, 2.45) is 5.16 Å². The maximum Gasteiger partial charge on any atom is 0.251 e. The van der Waals surface area contributed by atoms with E-state index in [1.54, 1.807) is 0 Å². The van der Waals surface area contributed by atoms with Gasteiger partial charge in [0.2, 0.25) is 0 Å². The molecule has 1 heterocycles. The van der Waals surface area contributed by atoms with Crippen LogP contribution >= 0.6 is 0 Å².